The van der Waals surface area contributed by atoms with Crippen LogP contribution in [0.3, 0.4) is 0 Å². The summed E-state index contributed by atoms with van der Waals surface area (Å²) in [5.41, 5.74) is 1.84. The van der Waals surface area contributed by atoms with Crippen LogP contribution >= 0.6 is 34.8 Å². The summed E-state index contributed by atoms with van der Waals surface area (Å²) in [6.07, 6.45) is 0.948. The molecule has 0 amide bonds. The molecule has 0 bridgehead atoms. The Kier molecular flexibility index (Phi) is 6.04. The van der Waals surface area contributed by atoms with Crippen LogP contribution in [0.1, 0.15) is 18.9 Å². The molecule has 5 heteroatoms. The van der Waals surface area contributed by atoms with E-state index in [-0.39, 0.29) is 0 Å². The van der Waals surface area contributed by atoms with Gasteiger partial charge in [0, 0.05) is 22.3 Å². The second-order valence-corrected chi connectivity index (χ2v) is 5.83. The van der Waals surface area contributed by atoms with E-state index in [2.05, 4.69) is 12.2 Å². The summed E-state index contributed by atoms with van der Waals surface area (Å²) in [4.78, 5) is 0. The van der Waals surface area contributed by atoms with Gasteiger partial charge in [0.15, 0.2) is 0 Å². The van der Waals surface area contributed by atoms with Crippen LogP contribution in [0.25, 0.3) is 0 Å². The number of anilines is 1. The molecule has 0 spiro atoms. The van der Waals surface area contributed by atoms with E-state index < -0.39 is 0 Å². The second kappa shape index (κ2) is 7.79. The third-order valence-corrected chi connectivity index (χ3v) is 3.78. The molecule has 2 rings (SSSR count). The molecular formula is C16H16Cl3NO. The SMILES string of the molecule is CCCOc1ccc(NCc2cc(Cl)ccc2Cl)cc1Cl. The first-order valence-corrected chi connectivity index (χ1v) is 7.83. The largest absolute Gasteiger partial charge is 0.492 e. The van der Waals surface area contributed by atoms with E-state index in [0.717, 1.165) is 17.7 Å². The Bertz CT molecular complexity index is 616. The van der Waals surface area contributed by atoms with Crippen LogP contribution in [0.2, 0.25) is 15.1 Å². The topological polar surface area (TPSA) is 21.3 Å². The lowest BCUT2D eigenvalue weighted by molar-refractivity contribution is 0.317. The van der Waals surface area contributed by atoms with E-state index in [1.807, 2.05) is 24.3 Å². The first-order chi connectivity index (χ1) is 10.1. The predicted octanol–water partition coefficient (Wildman–Crippen LogP) is 6.05. The highest BCUT2D eigenvalue weighted by molar-refractivity contribution is 6.33. The number of rotatable bonds is 6. The average molecular weight is 345 g/mol. The van der Waals surface area contributed by atoms with Crippen molar-refractivity contribution >= 4 is 40.5 Å². The van der Waals surface area contributed by atoms with Crippen molar-refractivity contribution in [2.24, 2.45) is 0 Å². The molecule has 0 saturated heterocycles. The van der Waals surface area contributed by atoms with E-state index in [1.165, 1.54) is 0 Å². The van der Waals surface area contributed by atoms with Crippen molar-refractivity contribution in [2.75, 3.05) is 11.9 Å². The maximum absolute atomic E-state index is 6.19. The minimum Gasteiger partial charge on any atom is -0.492 e. The monoisotopic (exact) mass is 343 g/mol. The zero-order chi connectivity index (χ0) is 15.2. The summed E-state index contributed by atoms with van der Waals surface area (Å²) < 4.78 is 5.54. The molecule has 0 aliphatic carbocycles. The fourth-order valence-electron chi connectivity index (χ4n) is 1.82. The van der Waals surface area contributed by atoms with Crippen molar-refractivity contribution in [1.82, 2.24) is 0 Å². The van der Waals surface area contributed by atoms with Gasteiger partial charge in [-0.25, -0.2) is 0 Å². The standard InChI is InChI=1S/C16H16Cl3NO/c1-2-7-21-16-6-4-13(9-15(16)19)20-10-11-8-12(17)3-5-14(11)18/h3-6,8-9,20H,2,7,10H2,1H3. The number of halogens is 3. The van der Waals surface area contributed by atoms with Crippen LogP contribution in [-0.4, -0.2) is 6.61 Å². The molecule has 0 aromatic heterocycles. The molecule has 21 heavy (non-hydrogen) atoms. The average Bonchev–Trinajstić information content (AvgIpc) is 2.47. The number of hydrogen-bond acceptors (Lipinski definition) is 2. The molecule has 0 fully saturated rings. The van der Waals surface area contributed by atoms with Crippen LogP contribution < -0.4 is 10.1 Å². The first-order valence-electron chi connectivity index (χ1n) is 6.70. The van der Waals surface area contributed by atoms with Crippen LogP contribution in [0.4, 0.5) is 5.69 Å². The summed E-state index contributed by atoms with van der Waals surface area (Å²) in [7, 11) is 0. The van der Waals surface area contributed by atoms with Gasteiger partial charge in [-0.15, -0.1) is 0 Å². The lowest BCUT2D eigenvalue weighted by atomic mass is 10.2. The molecule has 1 N–H and O–H groups in total. The van der Waals surface area contributed by atoms with E-state index in [1.54, 1.807) is 12.1 Å². The molecule has 0 atom stereocenters. The van der Waals surface area contributed by atoms with Crippen LogP contribution in [0, 0.1) is 0 Å². The Hall–Kier alpha value is -1.09. The Balaban J connectivity index is 2.03. The number of benzene rings is 2. The minimum absolute atomic E-state index is 0.574. The third kappa shape index (κ3) is 4.70. The van der Waals surface area contributed by atoms with Gasteiger partial charge in [0.05, 0.1) is 11.6 Å². The van der Waals surface area contributed by atoms with Gasteiger partial charge >= 0.3 is 0 Å². The minimum atomic E-state index is 0.574. The van der Waals surface area contributed by atoms with E-state index in [4.69, 9.17) is 39.5 Å². The second-order valence-electron chi connectivity index (χ2n) is 4.58. The maximum Gasteiger partial charge on any atom is 0.138 e. The molecule has 2 aromatic carbocycles. The van der Waals surface area contributed by atoms with Crippen molar-refractivity contribution in [3.63, 3.8) is 0 Å². The van der Waals surface area contributed by atoms with Gasteiger partial charge in [0.1, 0.15) is 5.75 Å². The van der Waals surface area contributed by atoms with Crippen molar-refractivity contribution < 1.29 is 4.74 Å². The molecular weight excluding hydrogens is 329 g/mol. The zero-order valence-corrected chi connectivity index (χ0v) is 13.9. The fraction of sp³-hybridized carbons (Fsp3) is 0.250. The number of hydrogen-bond donors (Lipinski definition) is 1. The van der Waals surface area contributed by atoms with Gasteiger partial charge in [0.2, 0.25) is 0 Å². The van der Waals surface area contributed by atoms with Crippen molar-refractivity contribution in [1.29, 1.82) is 0 Å². The van der Waals surface area contributed by atoms with Gasteiger partial charge in [-0.2, -0.15) is 0 Å². The highest BCUT2D eigenvalue weighted by Crippen LogP contribution is 2.28. The molecule has 0 saturated carbocycles. The third-order valence-electron chi connectivity index (χ3n) is 2.88. The van der Waals surface area contributed by atoms with Crippen molar-refractivity contribution in [3.05, 3.63) is 57.0 Å². The fourth-order valence-corrected chi connectivity index (χ4v) is 2.43. The molecule has 0 unspecified atom stereocenters. The molecule has 112 valence electrons. The summed E-state index contributed by atoms with van der Waals surface area (Å²) in [6.45, 7) is 3.29. The molecule has 2 aromatic rings. The summed E-state index contributed by atoms with van der Waals surface area (Å²) in [6, 6.07) is 11.0. The van der Waals surface area contributed by atoms with E-state index in [9.17, 15) is 0 Å². The van der Waals surface area contributed by atoms with E-state index >= 15 is 0 Å². The quantitative estimate of drug-likeness (QED) is 0.689. The lowest BCUT2D eigenvalue weighted by Gasteiger charge is -2.11. The van der Waals surface area contributed by atoms with Gasteiger partial charge in [0.25, 0.3) is 0 Å². The Labute approximate surface area is 140 Å². The summed E-state index contributed by atoms with van der Waals surface area (Å²) >= 11 is 18.3. The molecule has 0 aliphatic rings. The molecule has 0 heterocycles. The van der Waals surface area contributed by atoms with Gasteiger partial charge in [-0.3, -0.25) is 0 Å². The lowest BCUT2D eigenvalue weighted by Crippen LogP contribution is -2.01. The highest BCUT2D eigenvalue weighted by atomic mass is 35.5. The Morgan fingerprint density at radius 2 is 1.81 bits per heavy atom. The van der Waals surface area contributed by atoms with Gasteiger partial charge in [-0.1, -0.05) is 41.7 Å². The Morgan fingerprint density at radius 1 is 1.00 bits per heavy atom. The smallest absolute Gasteiger partial charge is 0.138 e. The predicted molar refractivity (Wildman–Crippen MR) is 91.0 cm³/mol. The normalized spacial score (nSPS) is 10.5. The number of nitrogens with one attached hydrogen (secondary N) is 1. The maximum atomic E-state index is 6.19. The Morgan fingerprint density at radius 3 is 2.52 bits per heavy atom. The summed E-state index contributed by atoms with van der Waals surface area (Å²) in [5.74, 6) is 0.699. The van der Waals surface area contributed by atoms with E-state index in [0.29, 0.717) is 34.0 Å². The van der Waals surface area contributed by atoms with Crippen LogP contribution in [0.15, 0.2) is 36.4 Å². The molecule has 0 radical (unpaired) electrons. The van der Waals surface area contributed by atoms with Crippen molar-refractivity contribution in [3.8, 4) is 5.75 Å². The summed E-state index contributed by atoms with van der Waals surface area (Å²) in [5, 5.41) is 5.20. The number of ether oxygens (including phenoxy) is 1. The van der Waals surface area contributed by atoms with Gasteiger partial charge in [-0.05, 0) is 48.4 Å². The first kappa shape index (κ1) is 16.3. The molecule has 0 aliphatic heterocycles. The highest BCUT2D eigenvalue weighted by Gasteiger charge is 2.05. The zero-order valence-electron chi connectivity index (χ0n) is 11.6. The van der Waals surface area contributed by atoms with Crippen LogP contribution in [0.5, 0.6) is 5.75 Å². The van der Waals surface area contributed by atoms with Crippen molar-refractivity contribution in [2.45, 2.75) is 19.9 Å². The van der Waals surface area contributed by atoms with Gasteiger partial charge < -0.3 is 10.1 Å². The van der Waals surface area contributed by atoms with Crippen LogP contribution in [-0.2, 0) is 6.54 Å². The molecule has 2 nitrogen and oxygen atoms in total.